The zero-order valence-corrected chi connectivity index (χ0v) is 14.8. The molecule has 2 aromatic carbocycles. The molecule has 0 fully saturated rings. The highest BCUT2D eigenvalue weighted by Gasteiger charge is 2.29. The largest absolute Gasteiger partial charge is 0.0619 e. The second kappa shape index (κ2) is 5.46. The fourth-order valence-electron chi connectivity index (χ4n) is 4.60. The van der Waals surface area contributed by atoms with Crippen LogP contribution in [0.25, 0.3) is 12.2 Å². The molecule has 0 N–H and O–H groups in total. The Morgan fingerprint density at radius 3 is 2.48 bits per heavy atom. The van der Waals surface area contributed by atoms with E-state index in [1.807, 2.05) is 0 Å². The normalized spacial score (nSPS) is 20.6. The van der Waals surface area contributed by atoms with E-state index in [4.69, 9.17) is 0 Å². The molecule has 0 saturated heterocycles. The first kappa shape index (κ1) is 14.7. The molecule has 0 bridgehead atoms. The molecule has 0 radical (unpaired) electrons. The van der Waals surface area contributed by atoms with Crippen molar-refractivity contribution >= 4 is 12.2 Å². The number of allylic oxidation sites excluding steroid dienone is 6. The van der Waals surface area contributed by atoms with Gasteiger partial charge < -0.3 is 0 Å². The van der Waals surface area contributed by atoms with Crippen molar-refractivity contribution in [2.24, 2.45) is 0 Å². The number of rotatable bonds is 2. The smallest absolute Gasteiger partial charge is 0.00730 e. The Morgan fingerprint density at radius 2 is 1.64 bits per heavy atom. The van der Waals surface area contributed by atoms with Gasteiger partial charge >= 0.3 is 0 Å². The van der Waals surface area contributed by atoms with Crippen LogP contribution in [0.3, 0.4) is 0 Å². The van der Waals surface area contributed by atoms with Crippen LogP contribution in [0.2, 0.25) is 0 Å². The molecule has 0 aromatic heterocycles. The van der Waals surface area contributed by atoms with Crippen LogP contribution in [0, 0.1) is 0 Å². The van der Waals surface area contributed by atoms with E-state index in [2.05, 4.69) is 80.6 Å². The quantitative estimate of drug-likeness (QED) is 0.594. The van der Waals surface area contributed by atoms with E-state index in [0.717, 1.165) is 12.8 Å². The monoisotopic (exact) mass is 322 g/mol. The molecular weight excluding hydrogens is 300 g/mol. The highest BCUT2D eigenvalue weighted by Crippen LogP contribution is 2.47. The molecule has 2 aromatic rings. The van der Waals surface area contributed by atoms with Gasteiger partial charge in [-0.15, -0.1) is 0 Å². The van der Waals surface area contributed by atoms with Gasteiger partial charge in [-0.05, 0) is 70.4 Å². The van der Waals surface area contributed by atoms with Crippen LogP contribution in [0.4, 0.5) is 0 Å². The zero-order valence-electron chi connectivity index (χ0n) is 14.8. The van der Waals surface area contributed by atoms with Crippen molar-refractivity contribution in [3.8, 4) is 0 Å². The van der Waals surface area contributed by atoms with E-state index in [0.29, 0.717) is 5.92 Å². The lowest BCUT2D eigenvalue weighted by Gasteiger charge is -2.25. The first-order valence-electron chi connectivity index (χ1n) is 9.21. The summed E-state index contributed by atoms with van der Waals surface area (Å²) in [6.07, 6.45) is 9.40. The molecule has 0 aliphatic heterocycles. The third kappa shape index (κ3) is 2.28. The zero-order chi connectivity index (χ0) is 17.0. The maximum Gasteiger partial charge on any atom is 0.00730 e. The van der Waals surface area contributed by atoms with Gasteiger partial charge in [0.1, 0.15) is 0 Å². The van der Waals surface area contributed by atoms with Crippen LogP contribution in [0.5, 0.6) is 0 Å². The Kier molecular flexibility index (Phi) is 3.21. The van der Waals surface area contributed by atoms with Crippen LogP contribution >= 0.6 is 0 Å². The van der Waals surface area contributed by atoms with Crippen LogP contribution in [-0.2, 0) is 6.42 Å². The lowest BCUT2D eigenvalue weighted by atomic mass is 9.79. The Hall–Kier alpha value is -2.60. The van der Waals surface area contributed by atoms with E-state index in [1.54, 1.807) is 0 Å². The van der Waals surface area contributed by atoms with Gasteiger partial charge in [-0.3, -0.25) is 0 Å². The lowest BCUT2D eigenvalue weighted by Crippen LogP contribution is -2.07. The van der Waals surface area contributed by atoms with Crippen LogP contribution in [-0.4, -0.2) is 0 Å². The highest BCUT2D eigenvalue weighted by atomic mass is 14.3. The number of fused-ring (bicyclic) bond motifs is 3. The fourth-order valence-corrected chi connectivity index (χ4v) is 4.60. The molecule has 0 spiro atoms. The van der Waals surface area contributed by atoms with Crippen molar-refractivity contribution in [1.82, 2.24) is 0 Å². The molecule has 3 aliphatic carbocycles. The van der Waals surface area contributed by atoms with Gasteiger partial charge in [-0.2, -0.15) is 0 Å². The fraction of sp³-hybridized carbons (Fsp3) is 0.200. The first-order valence-corrected chi connectivity index (χ1v) is 9.21. The topological polar surface area (TPSA) is 0 Å². The van der Waals surface area contributed by atoms with E-state index in [-0.39, 0.29) is 0 Å². The second-order valence-electron chi connectivity index (χ2n) is 7.52. The van der Waals surface area contributed by atoms with Gasteiger partial charge in [0.15, 0.2) is 0 Å². The Bertz CT molecular complexity index is 1010. The van der Waals surface area contributed by atoms with Gasteiger partial charge in [-0.1, -0.05) is 73.2 Å². The van der Waals surface area contributed by atoms with Crippen molar-refractivity contribution in [2.75, 3.05) is 0 Å². The van der Waals surface area contributed by atoms with Gasteiger partial charge in [0.05, 0.1) is 0 Å². The summed E-state index contributed by atoms with van der Waals surface area (Å²) in [6.45, 7) is 4.63. The average molecular weight is 322 g/mol. The summed E-state index contributed by atoms with van der Waals surface area (Å²) in [7, 11) is 0. The Balaban J connectivity index is 1.50. The SMILES string of the molecule is CC1=C(CC2=Cc3ccccc3C2)C2=Cc3ccccc3C(C)C2=C1. The standard InChI is InChI=1S/C25H22/c1-16-11-24-17(2)22-10-6-5-9-21(22)15-25(24)23(16)14-18-12-19-7-3-4-8-20(19)13-18/h3-12,15,17H,13-14H2,1-2H3. The molecule has 0 heteroatoms. The van der Waals surface area contributed by atoms with Crippen molar-refractivity contribution in [3.05, 3.63) is 105 Å². The van der Waals surface area contributed by atoms with Crippen LogP contribution in [0.1, 0.15) is 48.4 Å². The van der Waals surface area contributed by atoms with Crippen LogP contribution in [0.15, 0.2) is 82.5 Å². The molecule has 5 rings (SSSR count). The summed E-state index contributed by atoms with van der Waals surface area (Å²) < 4.78 is 0. The molecule has 3 aliphatic rings. The minimum atomic E-state index is 0.485. The van der Waals surface area contributed by atoms with Crippen LogP contribution < -0.4 is 0 Å². The third-order valence-corrected chi connectivity index (χ3v) is 5.95. The maximum atomic E-state index is 2.42. The van der Waals surface area contributed by atoms with E-state index in [9.17, 15) is 0 Å². The van der Waals surface area contributed by atoms with Gasteiger partial charge in [0, 0.05) is 5.92 Å². The number of benzene rings is 2. The molecule has 0 amide bonds. The molecule has 1 unspecified atom stereocenters. The molecule has 0 saturated carbocycles. The van der Waals surface area contributed by atoms with Gasteiger partial charge in [-0.25, -0.2) is 0 Å². The summed E-state index contributed by atoms with van der Waals surface area (Å²) >= 11 is 0. The molecular formula is C25H22. The Morgan fingerprint density at radius 1 is 0.880 bits per heavy atom. The predicted octanol–water partition coefficient (Wildman–Crippen LogP) is 6.47. The molecule has 0 nitrogen and oxygen atoms in total. The average Bonchev–Trinajstić information content (AvgIpc) is 3.17. The maximum absolute atomic E-state index is 2.42. The molecule has 1 atom stereocenters. The summed E-state index contributed by atoms with van der Waals surface area (Å²) in [5.41, 5.74) is 13.2. The summed E-state index contributed by atoms with van der Waals surface area (Å²) in [5.74, 6) is 0.485. The van der Waals surface area contributed by atoms with E-state index in [1.165, 1.54) is 50.1 Å². The van der Waals surface area contributed by atoms with Gasteiger partial charge in [0.25, 0.3) is 0 Å². The van der Waals surface area contributed by atoms with Crippen molar-refractivity contribution in [3.63, 3.8) is 0 Å². The minimum Gasteiger partial charge on any atom is -0.0619 e. The van der Waals surface area contributed by atoms with Crippen molar-refractivity contribution in [2.45, 2.75) is 32.6 Å². The number of hydrogen-bond donors (Lipinski definition) is 0. The highest BCUT2D eigenvalue weighted by molar-refractivity contribution is 5.78. The van der Waals surface area contributed by atoms with Gasteiger partial charge in [0.2, 0.25) is 0 Å². The van der Waals surface area contributed by atoms with Crippen molar-refractivity contribution < 1.29 is 0 Å². The first-order chi connectivity index (χ1) is 12.2. The Labute approximate surface area is 149 Å². The third-order valence-electron chi connectivity index (χ3n) is 5.95. The molecule has 25 heavy (non-hydrogen) atoms. The second-order valence-corrected chi connectivity index (χ2v) is 7.52. The number of hydrogen-bond acceptors (Lipinski definition) is 0. The predicted molar refractivity (Wildman–Crippen MR) is 106 cm³/mol. The van der Waals surface area contributed by atoms with E-state index >= 15 is 0 Å². The lowest BCUT2D eigenvalue weighted by molar-refractivity contribution is 0.894. The summed E-state index contributed by atoms with van der Waals surface area (Å²) in [6, 6.07) is 17.6. The minimum absolute atomic E-state index is 0.485. The van der Waals surface area contributed by atoms with E-state index < -0.39 is 0 Å². The summed E-state index contributed by atoms with van der Waals surface area (Å²) in [4.78, 5) is 0. The molecule has 122 valence electrons. The molecule has 0 heterocycles. The summed E-state index contributed by atoms with van der Waals surface area (Å²) in [5, 5.41) is 0. The van der Waals surface area contributed by atoms with Crippen molar-refractivity contribution in [1.29, 1.82) is 0 Å².